The number of benzene rings is 2. The summed E-state index contributed by atoms with van der Waals surface area (Å²) < 4.78 is 12.4. The SMILES string of the molecule is CCCOC(=O)c1ccccc1C1=c2cc3c(cc2OC2C=C4NC(C)(C)C=C(C)C4=CC12)=[NH+]C(C)(C)C=C3C. The number of esters is 1. The largest absolute Gasteiger partial charge is 0.484 e. The standard InChI is InChI=1S/C35H38N2O3/c1-8-13-39-33(38)23-12-10-9-11-22(23)32-26-14-24-20(2)18-34(4,5)36-28(24)16-30(26)40-31-17-29-25(15-27(31)32)21(3)19-35(6,7)37-29/h9-12,14-19,26,30,36H,8,13H2,1-7H3/p+1. The highest BCUT2D eigenvalue weighted by Gasteiger charge is 2.39. The van der Waals surface area contributed by atoms with E-state index in [1.165, 1.54) is 16.7 Å². The lowest BCUT2D eigenvalue weighted by Gasteiger charge is -2.40. The zero-order chi connectivity index (χ0) is 28.4. The predicted octanol–water partition coefficient (Wildman–Crippen LogP) is 3.88. The van der Waals surface area contributed by atoms with Gasteiger partial charge in [-0.3, -0.25) is 0 Å². The van der Waals surface area contributed by atoms with Crippen LogP contribution in [0.1, 0.15) is 76.4 Å². The lowest BCUT2D eigenvalue weighted by Crippen LogP contribution is -2.89. The maximum absolute atomic E-state index is 13.3. The third-order valence-corrected chi connectivity index (χ3v) is 8.12. The zero-order valence-corrected chi connectivity index (χ0v) is 24.6. The Morgan fingerprint density at radius 1 is 1.02 bits per heavy atom. The second-order valence-electron chi connectivity index (χ2n) is 12.6. The second kappa shape index (κ2) is 9.36. The molecule has 0 radical (unpaired) electrons. The molecule has 2 atom stereocenters. The van der Waals surface area contributed by atoms with Gasteiger partial charge in [0.1, 0.15) is 11.9 Å². The van der Waals surface area contributed by atoms with Gasteiger partial charge in [-0.2, -0.15) is 0 Å². The van der Waals surface area contributed by atoms with Crippen LogP contribution in [-0.4, -0.2) is 29.8 Å². The Labute approximate surface area is 236 Å². The van der Waals surface area contributed by atoms with Crippen LogP contribution in [0.4, 0.5) is 0 Å². The Morgan fingerprint density at radius 2 is 1.80 bits per heavy atom. The molecule has 5 heteroatoms. The first-order valence-electron chi connectivity index (χ1n) is 14.3. The minimum absolute atomic E-state index is 0.0759. The number of carbonyl (C=O) groups is 1. The first-order valence-corrected chi connectivity index (χ1v) is 14.3. The minimum Gasteiger partial charge on any atom is -0.484 e. The first-order chi connectivity index (χ1) is 19.0. The average molecular weight is 536 g/mol. The molecule has 0 fully saturated rings. The Kier molecular flexibility index (Phi) is 6.17. The van der Waals surface area contributed by atoms with Crippen LogP contribution in [0.25, 0.3) is 11.1 Å². The quantitative estimate of drug-likeness (QED) is 0.584. The van der Waals surface area contributed by atoms with Gasteiger partial charge in [0.2, 0.25) is 5.36 Å². The van der Waals surface area contributed by atoms with Gasteiger partial charge in [0.25, 0.3) is 0 Å². The summed E-state index contributed by atoms with van der Waals surface area (Å²) in [7, 11) is 0. The summed E-state index contributed by atoms with van der Waals surface area (Å²) in [5, 5.41) is 5.77. The Balaban J connectivity index is 1.64. The third kappa shape index (κ3) is 4.51. The fourth-order valence-corrected chi connectivity index (χ4v) is 6.67. The maximum atomic E-state index is 13.3. The molecule has 2 aromatic rings. The summed E-state index contributed by atoms with van der Waals surface area (Å²) in [4.78, 5) is 17.0. The van der Waals surface area contributed by atoms with Crippen molar-refractivity contribution in [2.24, 2.45) is 5.92 Å². The molecular weight excluding hydrogens is 496 g/mol. The lowest BCUT2D eigenvalue weighted by molar-refractivity contribution is -0.568. The van der Waals surface area contributed by atoms with Crippen molar-refractivity contribution in [1.82, 2.24) is 5.32 Å². The van der Waals surface area contributed by atoms with E-state index in [-0.39, 0.29) is 29.1 Å². The Bertz CT molecular complexity index is 1680. The topological polar surface area (TPSA) is 61.5 Å². The van der Waals surface area contributed by atoms with Gasteiger partial charge in [-0.15, -0.1) is 0 Å². The van der Waals surface area contributed by atoms with E-state index >= 15 is 0 Å². The van der Waals surface area contributed by atoms with Crippen molar-refractivity contribution < 1.29 is 19.3 Å². The molecule has 2 unspecified atom stereocenters. The summed E-state index contributed by atoms with van der Waals surface area (Å²) in [5.74, 6) is 0.456. The molecule has 0 bridgehead atoms. The molecule has 0 amide bonds. The normalized spacial score (nSPS) is 23.2. The highest BCUT2D eigenvalue weighted by molar-refractivity contribution is 5.96. The van der Waals surface area contributed by atoms with Gasteiger partial charge < -0.3 is 14.8 Å². The number of hydrogen-bond donors (Lipinski definition) is 2. The summed E-state index contributed by atoms with van der Waals surface area (Å²) in [6.45, 7) is 15.5. The van der Waals surface area contributed by atoms with Gasteiger partial charge in [-0.05, 0) is 86.3 Å². The lowest BCUT2D eigenvalue weighted by atomic mass is 9.76. The highest BCUT2D eigenvalue weighted by Crippen LogP contribution is 2.41. The van der Waals surface area contributed by atoms with Crippen molar-refractivity contribution >= 4 is 17.1 Å². The van der Waals surface area contributed by atoms with Crippen LogP contribution in [0, 0.1) is 5.92 Å². The predicted molar refractivity (Wildman–Crippen MR) is 158 cm³/mol. The maximum Gasteiger partial charge on any atom is 0.338 e. The van der Waals surface area contributed by atoms with Gasteiger partial charge in [-0.25, -0.2) is 9.79 Å². The van der Waals surface area contributed by atoms with E-state index in [4.69, 9.17) is 9.47 Å². The number of nitrogens with one attached hydrogen (secondary N) is 2. The molecule has 0 spiro atoms. The average Bonchev–Trinajstić information content (AvgIpc) is 2.87. The van der Waals surface area contributed by atoms with Crippen LogP contribution < -0.4 is 25.6 Å². The number of carbonyl (C=O) groups excluding carboxylic acids is 1. The smallest absolute Gasteiger partial charge is 0.338 e. The molecule has 1 aliphatic carbocycles. The molecule has 2 aromatic carbocycles. The summed E-state index contributed by atoms with van der Waals surface area (Å²) in [6.07, 6.45) is 9.65. The number of ether oxygens (including phenoxy) is 2. The molecule has 0 aromatic heterocycles. The van der Waals surface area contributed by atoms with Crippen molar-refractivity contribution in [1.29, 1.82) is 0 Å². The van der Waals surface area contributed by atoms with Crippen LogP contribution in [0.2, 0.25) is 0 Å². The molecule has 0 saturated heterocycles. The molecule has 206 valence electrons. The van der Waals surface area contributed by atoms with Crippen molar-refractivity contribution in [2.75, 3.05) is 6.61 Å². The third-order valence-electron chi connectivity index (χ3n) is 8.12. The Hall–Kier alpha value is -3.86. The van der Waals surface area contributed by atoms with Crippen molar-refractivity contribution in [2.45, 2.75) is 72.1 Å². The molecule has 6 rings (SSSR count). The summed E-state index contributed by atoms with van der Waals surface area (Å²) in [5.41, 5.74) is 8.18. The number of allylic oxidation sites excluding steroid dienone is 2. The van der Waals surface area contributed by atoms with E-state index in [1.54, 1.807) is 0 Å². The van der Waals surface area contributed by atoms with E-state index in [0.717, 1.165) is 45.1 Å². The van der Waals surface area contributed by atoms with Crippen LogP contribution >= 0.6 is 0 Å². The molecular formula is C35H39N2O3+. The Morgan fingerprint density at radius 3 is 2.58 bits per heavy atom. The van der Waals surface area contributed by atoms with E-state index < -0.39 is 0 Å². The van der Waals surface area contributed by atoms with Gasteiger partial charge >= 0.3 is 5.97 Å². The second-order valence-corrected chi connectivity index (χ2v) is 12.6. The monoisotopic (exact) mass is 535 g/mol. The first kappa shape index (κ1) is 26.4. The van der Waals surface area contributed by atoms with Crippen LogP contribution in [0.15, 0.2) is 77.5 Å². The van der Waals surface area contributed by atoms with E-state index in [0.29, 0.717) is 12.2 Å². The molecule has 4 aliphatic rings. The highest BCUT2D eigenvalue weighted by atomic mass is 16.5. The number of rotatable bonds is 4. The van der Waals surface area contributed by atoms with Gasteiger partial charge in [0.15, 0.2) is 5.54 Å². The molecule has 0 saturated carbocycles. The van der Waals surface area contributed by atoms with E-state index in [1.807, 2.05) is 25.1 Å². The summed E-state index contributed by atoms with van der Waals surface area (Å²) >= 11 is 0. The zero-order valence-electron chi connectivity index (χ0n) is 24.6. The van der Waals surface area contributed by atoms with Crippen molar-refractivity contribution in [3.63, 3.8) is 0 Å². The van der Waals surface area contributed by atoms with Crippen LogP contribution in [-0.2, 0) is 4.74 Å². The number of hydrogen-bond acceptors (Lipinski definition) is 4. The molecule has 2 N–H and O–H groups in total. The van der Waals surface area contributed by atoms with Crippen molar-refractivity contribution in [3.8, 4) is 5.75 Å². The van der Waals surface area contributed by atoms with Crippen LogP contribution in [0.3, 0.4) is 0 Å². The van der Waals surface area contributed by atoms with E-state index in [9.17, 15) is 4.79 Å². The van der Waals surface area contributed by atoms with Gasteiger partial charge in [-0.1, -0.05) is 37.3 Å². The molecule has 40 heavy (non-hydrogen) atoms. The van der Waals surface area contributed by atoms with Crippen LogP contribution in [0.5, 0.6) is 5.75 Å². The van der Waals surface area contributed by atoms with Gasteiger partial charge in [0, 0.05) is 36.2 Å². The van der Waals surface area contributed by atoms with Gasteiger partial charge in [0.05, 0.1) is 23.8 Å². The van der Waals surface area contributed by atoms with E-state index in [2.05, 4.69) is 94.4 Å². The fraction of sp³-hybridized carbons (Fsp3) is 0.371. The molecule has 3 heterocycles. The molecule has 3 aliphatic heterocycles. The minimum atomic E-state index is -0.288. The molecule has 5 nitrogen and oxygen atoms in total. The fourth-order valence-electron chi connectivity index (χ4n) is 6.67. The van der Waals surface area contributed by atoms with Crippen molar-refractivity contribution in [3.05, 3.63) is 105 Å². The number of fused-ring (bicyclic) bond motifs is 4. The summed E-state index contributed by atoms with van der Waals surface area (Å²) in [6, 6.07) is 12.2.